The number of pyridine rings is 2. The molecule has 8 nitrogen and oxygen atoms in total. The van der Waals surface area contributed by atoms with Crippen molar-refractivity contribution in [1.82, 2.24) is 19.1 Å². The Labute approximate surface area is 314 Å². The molecule has 0 fully saturated rings. The van der Waals surface area contributed by atoms with E-state index in [1.807, 2.05) is 86.6 Å². The molecule has 0 unspecified atom stereocenters. The fourth-order valence-electron chi connectivity index (χ4n) is 7.64. The Balaban J connectivity index is 0.843. The molecule has 4 aromatic carbocycles. The first-order chi connectivity index (χ1) is 26.5. The molecule has 0 aliphatic heterocycles. The van der Waals surface area contributed by atoms with E-state index in [1.54, 1.807) is 0 Å². The van der Waals surface area contributed by atoms with E-state index in [4.69, 9.17) is 9.47 Å². The zero-order valence-electron chi connectivity index (χ0n) is 30.6. The number of para-hydroxylation sites is 2. The lowest BCUT2D eigenvalue weighted by atomic mass is 10.1. The van der Waals surface area contributed by atoms with Crippen LogP contribution >= 0.6 is 0 Å². The Morgan fingerprint density at radius 3 is 1.31 bits per heavy atom. The van der Waals surface area contributed by atoms with Gasteiger partial charge in [0.05, 0.1) is 35.6 Å². The van der Waals surface area contributed by atoms with Crippen molar-refractivity contribution >= 4 is 55.6 Å². The van der Waals surface area contributed by atoms with Crippen LogP contribution in [0.3, 0.4) is 0 Å². The standard InChI is InChI=1S/C46H42N4O4/c1-31-43-37(35-21-11-13-23-41(35)49(43)29-33-17-7-5-8-18-33)27-39(47-31)45(51)53-25-15-3-4-16-26-54-46(52)40-28-38-36-22-12-14-24-42(36)50(44(38)32(2)48-40)30-34-19-9-6-10-20-34/h5-14,17-24,27-28H,3-4,15-16,25-26,29-30H2,1-2H3. The summed E-state index contributed by atoms with van der Waals surface area (Å²) in [4.78, 5) is 35.6. The van der Waals surface area contributed by atoms with Crippen LogP contribution in [0, 0.1) is 13.8 Å². The van der Waals surface area contributed by atoms with Gasteiger partial charge >= 0.3 is 11.9 Å². The Kier molecular flexibility index (Phi) is 9.90. The number of nitrogens with zero attached hydrogens (tertiary/aromatic N) is 4. The summed E-state index contributed by atoms with van der Waals surface area (Å²) in [7, 11) is 0. The third-order valence-electron chi connectivity index (χ3n) is 10.1. The van der Waals surface area contributed by atoms with Gasteiger partial charge in [0.25, 0.3) is 0 Å². The first kappa shape index (κ1) is 34.8. The summed E-state index contributed by atoms with van der Waals surface area (Å²) < 4.78 is 15.9. The van der Waals surface area contributed by atoms with Gasteiger partial charge in [-0.05, 0) is 74.9 Å². The molecule has 0 radical (unpaired) electrons. The molecule has 8 rings (SSSR count). The lowest BCUT2D eigenvalue weighted by molar-refractivity contribution is 0.0467. The zero-order valence-corrected chi connectivity index (χ0v) is 30.6. The molecule has 0 atom stereocenters. The van der Waals surface area contributed by atoms with Crippen molar-refractivity contribution in [2.45, 2.75) is 52.6 Å². The van der Waals surface area contributed by atoms with Crippen LogP contribution in [0.25, 0.3) is 43.6 Å². The van der Waals surface area contributed by atoms with Crippen LogP contribution in [-0.4, -0.2) is 44.3 Å². The number of hydrogen-bond acceptors (Lipinski definition) is 6. The fourth-order valence-corrected chi connectivity index (χ4v) is 7.64. The Bertz CT molecular complexity index is 2440. The molecule has 8 heteroatoms. The molecule has 4 aromatic heterocycles. The molecule has 8 aromatic rings. The Hall–Kier alpha value is -6.28. The van der Waals surface area contributed by atoms with Crippen LogP contribution in [0.5, 0.6) is 0 Å². The van der Waals surface area contributed by atoms with Gasteiger partial charge in [-0.1, -0.05) is 97.1 Å². The monoisotopic (exact) mass is 714 g/mol. The van der Waals surface area contributed by atoms with Crippen molar-refractivity contribution in [3.8, 4) is 0 Å². The second kappa shape index (κ2) is 15.4. The van der Waals surface area contributed by atoms with Gasteiger partial charge in [0.1, 0.15) is 11.4 Å². The second-order valence-electron chi connectivity index (χ2n) is 13.8. The predicted octanol–water partition coefficient (Wildman–Crippen LogP) is 9.98. The van der Waals surface area contributed by atoms with E-state index in [9.17, 15) is 9.59 Å². The molecule has 270 valence electrons. The maximum Gasteiger partial charge on any atom is 0.356 e. The van der Waals surface area contributed by atoms with Crippen molar-refractivity contribution in [3.05, 3.63) is 155 Å². The number of hydrogen-bond donors (Lipinski definition) is 0. The van der Waals surface area contributed by atoms with E-state index in [1.165, 1.54) is 11.1 Å². The van der Waals surface area contributed by atoms with Crippen LogP contribution in [0.4, 0.5) is 0 Å². The summed E-state index contributed by atoms with van der Waals surface area (Å²) in [5.41, 5.74) is 8.87. The van der Waals surface area contributed by atoms with Gasteiger partial charge < -0.3 is 18.6 Å². The molecule has 0 aliphatic rings. The topological polar surface area (TPSA) is 88.2 Å². The molecule has 0 spiro atoms. The summed E-state index contributed by atoms with van der Waals surface area (Å²) in [5.74, 6) is -0.839. The quantitative estimate of drug-likeness (QED) is 0.0873. The second-order valence-corrected chi connectivity index (χ2v) is 13.8. The molecule has 0 N–H and O–H groups in total. The van der Waals surface area contributed by atoms with Crippen LogP contribution in [-0.2, 0) is 22.6 Å². The van der Waals surface area contributed by atoms with Crippen LogP contribution in [0.2, 0.25) is 0 Å². The minimum absolute atomic E-state index is 0.300. The van der Waals surface area contributed by atoms with Gasteiger partial charge in [0, 0.05) is 45.7 Å². The fraction of sp³-hybridized carbons (Fsp3) is 0.217. The molecular formula is C46H42N4O4. The molecule has 0 saturated carbocycles. The van der Waals surface area contributed by atoms with Gasteiger partial charge in [0.15, 0.2) is 0 Å². The third kappa shape index (κ3) is 6.95. The number of aromatic nitrogens is 4. The SMILES string of the molecule is Cc1nc(C(=O)OCCCCCCOC(=O)c2cc3c4ccccc4n(Cc4ccccc4)c3c(C)n2)cc2c3ccccc3n(Cc3ccccc3)c12. The van der Waals surface area contributed by atoms with Crippen molar-refractivity contribution < 1.29 is 19.1 Å². The molecule has 0 saturated heterocycles. The van der Waals surface area contributed by atoms with Crippen LogP contribution < -0.4 is 0 Å². The lowest BCUT2D eigenvalue weighted by Gasteiger charge is -2.10. The minimum Gasteiger partial charge on any atom is -0.461 e. The molecule has 54 heavy (non-hydrogen) atoms. The number of ether oxygens (including phenoxy) is 2. The number of unbranched alkanes of at least 4 members (excludes halogenated alkanes) is 3. The first-order valence-electron chi connectivity index (χ1n) is 18.7. The summed E-state index contributed by atoms with van der Waals surface area (Å²) in [6, 6.07) is 41.0. The zero-order chi connectivity index (χ0) is 37.0. The Morgan fingerprint density at radius 2 is 0.889 bits per heavy atom. The van der Waals surface area contributed by atoms with Gasteiger partial charge in [-0.3, -0.25) is 0 Å². The average molecular weight is 715 g/mol. The van der Waals surface area contributed by atoms with Crippen LogP contribution in [0.15, 0.2) is 121 Å². The number of aryl methyl sites for hydroxylation is 2. The maximum atomic E-state index is 13.1. The van der Waals surface area contributed by atoms with Crippen molar-refractivity contribution in [2.24, 2.45) is 0 Å². The molecule has 4 heterocycles. The van der Waals surface area contributed by atoms with E-state index < -0.39 is 11.9 Å². The Morgan fingerprint density at radius 1 is 0.500 bits per heavy atom. The predicted molar refractivity (Wildman–Crippen MR) is 214 cm³/mol. The maximum absolute atomic E-state index is 13.1. The van der Waals surface area contributed by atoms with Crippen LogP contribution in [0.1, 0.15) is 69.2 Å². The molecular weight excluding hydrogens is 673 g/mol. The highest BCUT2D eigenvalue weighted by atomic mass is 16.5. The smallest absolute Gasteiger partial charge is 0.356 e. The number of carbonyl (C=O) groups is 2. The van der Waals surface area contributed by atoms with Gasteiger partial charge in [-0.2, -0.15) is 0 Å². The summed E-state index contributed by atoms with van der Waals surface area (Å²) in [6.07, 6.45) is 3.10. The van der Waals surface area contributed by atoms with Crippen molar-refractivity contribution in [2.75, 3.05) is 13.2 Å². The molecule has 0 amide bonds. The summed E-state index contributed by atoms with van der Waals surface area (Å²) >= 11 is 0. The highest BCUT2D eigenvalue weighted by molar-refractivity contribution is 6.11. The van der Waals surface area contributed by atoms with Gasteiger partial charge in [0.2, 0.25) is 0 Å². The van der Waals surface area contributed by atoms with E-state index in [0.717, 1.165) is 67.8 Å². The van der Waals surface area contributed by atoms with Gasteiger partial charge in [-0.25, -0.2) is 19.6 Å². The highest BCUT2D eigenvalue weighted by Gasteiger charge is 2.20. The van der Waals surface area contributed by atoms with Gasteiger partial charge in [-0.15, -0.1) is 0 Å². The van der Waals surface area contributed by atoms with Crippen molar-refractivity contribution in [3.63, 3.8) is 0 Å². The van der Waals surface area contributed by atoms with E-state index in [0.29, 0.717) is 50.5 Å². The minimum atomic E-state index is -0.420. The molecule has 0 aliphatic carbocycles. The largest absolute Gasteiger partial charge is 0.461 e. The van der Waals surface area contributed by atoms with Crippen molar-refractivity contribution in [1.29, 1.82) is 0 Å². The third-order valence-corrected chi connectivity index (χ3v) is 10.1. The highest BCUT2D eigenvalue weighted by Crippen LogP contribution is 2.33. The number of carbonyl (C=O) groups excluding carboxylic acids is 2. The van der Waals surface area contributed by atoms with E-state index in [-0.39, 0.29) is 0 Å². The first-order valence-corrected chi connectivity index (χ1v) is 18.7. The van der Waals surface area contributed by atoms with E-state index >= 15 is 0 Å². The summed E-state index contributed by atoms with van der Waals surface area (Å²) in [6.45, 7) is 5.93. The van der Waals surface area contributed by atoms with E-state index in [2.05, 4.69) is 67.6 Å². The number of rotatable bonds is 13. The number of esters is 2. The molecule has 0 bridgehead atoms. The number of benzene rings is 4. The lowest BCUT2D eigenvalue weighted by Crippen LogP contribution is -2.11. The normalized spacial score (nSPS) is 11.5. The summed E-state index contributed by atoms with van der Waals surface area (Å²) in [5, 5.41) is 4.16. The average Bonchev–Trinajstić information content (AvgIpc) is 3.69. The number of fused-ring (bicyclic) bond motifs is 6.